The van der Waals surface area contributed by atoms with Gasteiger partial charge in [-0.3, -0.25) is 9.48 Å². The van der Waals surface area contributed by atoms with Crippen LogP contribution in [0.5, 0.6) is 0 Å². The molecule has 4 N–H and O–H groups in total. The fraction of sp³-hybridized carbons (Fsp3) is 0.545. The third-order valence-electron chi connectivity index (χ3n) is 3.17. The molecule has 1 heterocycles. The van der Waals surface area contributed by atoms with Crippen molar-refractivity contribution in [3.05, 3.63) is 12.4 Å². The minimum atomic E-state index is -0.839. The highest BCUT2D eigenvalue weighted by Crippen LogP contribution is 2.46. The zero-order valence-electron chi connectivity index (χ0n) is 10.4. The molecular weight excluding hydrogens is 234 g/mol. The van der Waals surface area contributed by atoms with Crippen molar-refractivity contribution >= 4 is 17.4 Å². The molecule has 0 unspecified atom stereocenters. The molecule has 98 valence electrons. The van der Waals surface area contributed by atoms with E-state index in [-0.39, 0.29) is 17.8 Å². The molecule has 1 aliphatic carbocycles. The van der Waals surface area contributed by atoms with Gasteiger partial charge in [-0.05, 0) is 26.7 Å². The summed E-state index contributed by atoms with van der Waals surface area (Å²) in [5, 5.41) is 18.5. The smallest absolute Gasteiger partial charge is 0.238 e. The van der Waals surface area contributed by atoms with E-state index < -0.39 is 5.41 Å². The lowest BCUT2D eigenvalue weighted by Crippen LogP contribution is -2.36. The van der Waals surface area contributed by atoms with Crippen molar-refractivity contribution in [2.24, 2.45) is 16.3 Å². The van der Waals surface area contributed by atoms with Crippen LogP contribution in [0.2, 0.25) is 0 Å². The number of nitrogens with zero attached hydrogens (tertiary/aromatic N) is 3. The van der Waals surface area contributed by atoms with Crippen LogP contribution in [0.1, 0.15) is 32.7 Å². The van der Waals surface area contributed by atoms with E-state index in [1.165, 1.54) is 0 Å². The number of aromatic nitrogens is 2. The maximum absolute atomic E-state index is 12.1. The van der Waals surface area contributed by atoms with E-state index in [4.69, 9.17) is 10.9 Å². The van der Waals surface area contributed by atoms with Gasteiger partial charge in [0.25, 0.3) is 0 Å². The Hall–Kier alpha value is -2.05. The number of oxime groups is 1. The molecule has 18 heavy (non-hydrogen) atoms. The Morgan fingerprint density at radius 1 is 1.67 bits per heavy atom. The van der Waals surface area contributed by atoms with Crippen LogP contribution < -0.4 is 11.1 Å². The topological polar surface area (TPSA) is 106 Å². The third kappa shape index (κ3) is 2.03. The zero-order valence-corrected chi connectivity index (χ0v) is 10.4. The molecule has 7 heteroatoms. The van der Waals surface area contributed by atoms with E-state index >= 15 is 0 Å². The molecule has 0 atom stereocenters. The molecule has 1 aliphatic rings. The Labute approximate surface area is 105 Å². The number of carbonyl (C=O) groups is 1. The third-order valence-corrected chi connectivity index (χ3v) is 3.17. The average molecular weight is 251 g/mol. The minimum absolute atomic E-state index is 0.0312. The zero-order chi connectivity index (χ0) is 13.3. The predicted octanol–water partition coefficient (Wildman–Crippen LogP) is 0.929. The summed E-state index contributed by atoms with van der Waals surface area (Å²) in [5.74, 6) is -0.280. The molecule has 0 aromatic carbocycles. The maximum Gasteiger partial charge on any atom is 0.238 e. The first-order chi connectivity index (χ1) is 8.49. The fourth-order valence-corrected chi connectivity index (χ4v) is 1.76. The first kappa shape index (κ1) is 12.4. The molecule has 1 fully saturated rings. The van der Waals surface area contributed by atoms with Gasteiger partial charge in [0.1, 0.15) is 5.41 Å². The SMILES string of the molecule is CC(C)n1cc(NC(=O)C2(/C(N)=N/O)CC2)cn1. The summed E-state index contributed by atoms with van der Waals surface area (Å²) in [6, 6.07) is 0.231. The number of amides is 1. The summed E-state index contributed by atoms with van der Waals surface area (Å²) >= 11 is 0. The van der Waals surface area contributed by atoms with Crippen molar-refractivity contribution in [1.82, 2.24) is 9.78 Å². The Kier molecular flexibility index (Phi) is 2.98. The van der Waals surface area contributed by atoms with E-state index in [0.29, 0.717) is 18.5 Å². The van der Waals surface area contributed by atoms with Gasteiger partial charge in [0.15, 0.2) is 5.84 Å². The van der Waals surface area contributed by atoms with E-state index in [0.717, 1.165) is 0 Å². The lowest BCUT2D eigenvalue weighted by molar-refractivity contribution is -0.119. The van der Waals surface area contributed by atoms with Crippen LogP contribution in [-0.2, 0) is 4.79 Å². The number of rotatable bonds is 4. The second kappa shape index (κ2) is 4.32. The van der Waals surface area contributed by atoms with Crippen molar-refractivity contribution in [2.45, 2.75) is 32.7 Å². The van der Waals surface area contributed by atoms with E-state index in [1.807, 2.05) is 13.8 Å². The van der Waals surface area contributed by atoms with Crippen molar-refractivity contribution < 1.29 is 10.0 Å². The van der Waals surface area contributed by atoms with Gasteiger partial charge in [-0.1, -0.05) is 5.16 Å². The summed E-state index contributed by atoms with van der Waals surface area (Å²) in [6.07, 6.45) is 4.55. The second-order valence-corrected chi connectivity index (χ2v) is 4.82. The van der Waals surface area contributed by atoms with Crippen molar-refractivity contribution in [3.63, 3.8) is 0 Å². The van der Waals surface area contributed by atoms with E-state index in [9.17, 15) is 4.79 Å². The van der Waals surface area contributed by atoms with Crippen molar-refractivity contribution in [3.8, 4) is 0 Å². The van der Waals surface area contributed by atoms with Gasteiger partial charge < -0.3 is 16.3 Å². The van der Waals surface area contributed by atoms with Gasteiger partial charge in [0, 0.05) is 12.2 Å². The molecule has 0 bridgehead atoms. The number of hydrogen-bond donors (Lipinski definition) is 3. The number of carbonyl (C=O) groups excluding carboxylic acids is 1. The molecule has 1 amide bonds. The first-order valence-electron chi connectivity index (χ1n) is 5.83. The Morgan fingerprint density at radius 3 is 2.78 bits per heavy atom. The maximum atomic E-state index is 12.1. The van der Waals surface area contributed by atoms with Crippen LogP contribution >= 0.6 is 0 Å². The number of anilines is 1. The predicted molar refractivity (Wildman–Crippen MR) is 66.3 cm³/mol. The Bertz CT molecular complexity index is 487. The Balaban J connectivity index is 2.08. The summed E-state index contributed by atoms with van der Waals surface area (Å²) in [5.41, 5.74) is 5.32. The van der Waals surface area contributed by atoms with E-state index in [2.05, 4.69) is 15.6 Å². The van der Waals surface area contributed by atoms with Crippen LogP contribution in [0.3, 0.4) is 0 Å². The summed E-state index contributed by atoms with van der Waals surface area (Å²) in [7, 11) is 0. The van der Waals surface area contributed by atoms with Gasteiger partial charge in [-0.15, -0.1) is 0 Å². The summed E-state index contributed by atoms with van der Waals surface area (Å²) in [6.45, 7) is 3.99. The molecule has 7 nitrogen and oxygen atoms in total. The highest BCUT2D eigenvalue weighted by Gasteiger charge is 2.54. The molecule has 0 spiro atoms. The molecule has 1 aromatic heterocycles. The monoisotopic (exact) mass is 251 g/mol. The molecular formula is C11H17N5O2. The second-order valence-electron chi connectivity index (χ2n) is 4.82. The van der Waals surface area contributed by atoms with E-state index in [1.54, 1.807) is 17.1 Å². The molecule has 0 radical (unpaired) electrons. The molecule has 2 rings (SSSR count). The van der Waals surface area contributed by atoms with Gasteiger partial charge >= 0.3 is 0 Å². The number of nitrogens with one attached hydrogen (secondary N) is 1. The molecule has 0 aliphatic heterocycles. The van der Waals surface area contributed by atoms with Crippen molar-refractivity contribution in [1.29, 1.82) is 0 Å². The highest BCUT2D eigenvalue weighted by molar-refractivity contribution is 6.14. The van der Waals surface area contributed by atoms with Gasteiger partial charge in [0.05, 0.1) is 11.9 Å². The van der Waals surface area contributed by atoms with Gasteiger partial charge in [-0.25, -0.2) is 0 Å². The number of hydrogen-bond acceptors (Lipinski definition) is 4. The van der Waals surface area contributed by atoms with Crippen molar-refractivity contribution in [2.75, 3.05) is 5.32 Å². The lowest BCUT2D eigenvalue weighted by Gasteiger charge is -2.12. The minimum Gasteiger partial charge on any atom is -0.409 e. The normalized spacial score (nSPS) is 17.8. The van der Waals surface area contributed by atoms with Crippen LogP contribution in [0.15, 0.2) is 17.5 Å². The van der Waals surface area contributed by atoms with Gasteiger partial charge in [0.2, 0.25) is 5.91 Å². The van der Waals surface area contributed by atoms with Crippen LogP contribution in [0.25, 0.3) is 0 Å². The Morgan fingerprint density at radius 2 is 2.33 bits per heavy atom. The quantitative estimate of drug-likeness (QED) is 0.320. The van der Waals surface area contributed by atoms with Gasteiger partial charge in [-0.2, -0.15) is 5.10 Å². The molecule has 1 aromatic rings. The fourth-order valence-electron chi connectivity index (χ4n) is 1.76. The highest BCUT2D eigenvalue weighted by atomic mass is 16.4. The number of amidine groups is 1. The van der Waals surface area contributed by atoms with Crippen LogP contribution in [0.4, 0.5) is 5.69 Å². The lowest BCUT2D eigenvalue weighted by atomic mass is 10.1. The molecule has 0 saturated heterocycles. The standard InChI is InChI=1S/C11H17N5O2/c1-7(2)16-6-8(5-13-16)14-10(17)11(3-4-11)9(12)15-18/h5-7,18H,3-4H2,1-2H3,(H2,12,15)(H,14,17). The van der Waals surface area contributed by atoms with Crippen LogP contribution in [0, 0.1) is 5.41 Å². The average Bonchev–Trinajstić information content (AvgIpc) is 3.03. The summed E-state index contributed by atoms with van der Waals surface area (Å²) < 4.78 is 1.75. The molecule has 1 saturated carbocycles. The van der Waals surface area contributed by atoms with Crippen LogP contribution in [-0.4, -0.2) is 26.7 Å². The number of nitrogens with two attached hydrogens (primary N) is 1. The first-order valence-corrected chi connectivity index (χ1v) is 5.83. The largest absolute Gasteiger partial charge is 0.409 e. The summed E-state index contributed by atoms with van der Waals surface area (Å²) in [4.78, 5) is 12.1.